The minimum Gasteiger partial charge on any atom is -0.458 e. The summed E-state index contributed by atoms with van der Waals surface area (Å²) in [6.07, 6.45) is 12.1. The zero-order valence-corrected chi connectivity index (χ0v) is 22.9. The number of carbonyl (C=O) groups is 2. The topological polar surface area (TPSA) is 52.6 Å². The molecule has 0 aliphatic heterocycles. The summed E-state index contributed by atoms with van der Waals surface area (Å²) in [5.41, 5.74) is 3.70. The standard InChI is InChI=1S/C33H44O4/c1-4-24-6-10-26(11-7-24)28-14-18-30(19-15-28)32(34)36-22-23(3)37-33(35)31-20-16-29(17-21-31)27-12-8-25(5-2)9-13-27/h14-21,23-27H,4-13,22H2,1-3H3/t23?,24-,25-,26-,27-. The molecule has 0 bridgehead atoms. The van der Waals surface area contributed by atoms with Gasteiger partial charge in [0.05, 0.1) is 11.1 Å². The van der Waals surface area contributed by atoms with Crippen LogP contribution in [0.2, 0.25) is 0 Å². The Labute approximate surface area is 223 Å². The van der Waals surface area contributed by atoms with Gasteiger partial charge in [0.15, 0.2) is 0 Å². The first kappa shape index (κ1) is 27.4. The van der Waals surface area contributed by atoms with Crippen molar-refractivity contribution >= 4 is 11.9 Å². The maximum absolute atomic E-state index is 12.6. The molecular formula is C33H44O4. The number of benzene rings is 2. The van der Waals surface area contributed by atoms with Crippen LogP contribution in [0.4, 0.5) is 0 Å². The smallest absolute Gasteiger partial charge is 0.338 e. The van der Waals surface area contributed by atoms with E-state index in [0.717, 1.165) is 11.8 Å². The Kier molecular flexibility index (Phi) is 9.82. The van der Waals surface area contributed by atoms with Gasteiger partial charge in [-0.25, -0.2) is 9.59 Å². The lowest BCUT2D eigenvalue weighted by Crippen LogP contribution is -2.22. The molecule has 2 aromatic rings. The Morgan fingerprint density at radius 3 is 1.49 bits per heavy atom. The molecule has 4 rings (SSSR count). The lowest BCUT2D eigenvalue weighted by atomic mass is 9.78. The van der Waals surface area contributed by atoms with Crippen LogP contribution in [0.25, 0.3) is 0 Å². The van der Waals surface area contributed by atoms with Crippen molar-refractivity contribution in [1.82, 2.24) is 0 Å². The lowest BCUT2D eigenvalue weighted by molar-refractivity contribution is 0.00447. The highest BCUT2D eigenvalue weighted by Gasteiger charge is 2.23. The molecule has 1 atom stereocenters. The Balaban J connectivity index is 1.21. The summed E-state index contributed by atoms with van der Waals surface area (Å²) in [5, 5.41) is 0. The van der Waals surface area contributed by atoms with Crippen molar-refractivity contribution in [3.63, 3.8) is 0 Å². The Morgan fingerprint density at radius 1 is 0.676 bits per heavy atom. The lowest BCUT2D eigenvalue weighted by Gasteiger charge is -2.28. The SMILES string of the molecule is CC[C@H]1CC[C@H](c2ccc(C(=O)OCC(C)OC(=O)c3ccc([C@H]4CC[C@H](CC)CC4)cc3)cc2)CC1. The first-order valence-corrected chi connectivity index (χ1v) is 14.5. The molecule has 2 aliphatic rings. The molecule has 0 amide bonds. The van der Waals surface area contributed by atoms with E-state index in [1.165, 1.54) is 75.3 Å². The Morgan fingerprint density at radius 2 is 1.08 bits per heavy atom. The van der Waals surface area contributed by atoms with Crippen LogP contribution >= 0.6 is 0 Å². The summed E-state index contributed by atoms with van der Waals surface area (Å²) >= 11 is 0. The van der Waals surface area contributed by atoms with Crippen LogP contribution in [0.5, 0.6) is 0 Å². The third-order valence-electron chi connectivity index (χ3n) is 8.84. The van der Waals surface area contributed by atoms with E-state index in [4.69, 9.17) is 9.47 Å². The Hall–Kier alpha value is -2.62. The van der Waals surface area contributed by atoms with Gasteiger partial charge in [-0.2, -0.15) is 0 Å². The van der Waals surface area contributed by atoms with E-state index >= 15 is 0 Å². The third-order valence-corrected chi connectivity index (χ3v) is 8.84. The van der Waals surface area contributed by atoms with Gasteiger partial charge in [0.2, 0.25) is 0 Å². The molecule has 2 fully saturated rings. The fraction of sp³-hybridized carbons (Fsp3) is 0.576. The van der Waals surface area contributed by atoms with Crippen molar-refractivity contribution in [2.75, 3.05) is 6.61 Å². The van der Waals surface area contributed by atoms with Crippen molar-refractivity contribution < 1.29 is 19.1 Å². The average Bonchev–Trinajstić information content (AvgIpc) is 2.96. The van der Waals surface area contributed by atoms with E-state index in [-0.39, 0.29) is 18.5 Å². The summed E-state index contributed by atoms with van der Waals surface area (Å²) in [6.45, 7) is 6.35. The molecule has 0 saturated heterocycles. The van der Waals surface area contributed by atoms with E-state index in [1.54, 1.807) is 6.92 Å². The zero-order chi connectivity index (χ0) is 26.2. The summed E-state index contributed by atoms with van der Waals surface area (Å²) in [5.74, 6) is 2.17. The molecule has 2 aliphatic carbocycles. The summed E-state index contributed by atoms with van der Waals surface area (Å²) in [7, 11) is 0. The predicted molar refractivity (Wildman–Crippen MR) is 148 cm³/mol. The molecule has 4 nitrogen and oxygen atoms in total. The van der Waals surface area contributed by atoms with E-state index in [9.17, 15) is 9.59 Å². The van der Waals surface area contributed by atoms with Crippen molar-refractivity contribution in [3.8, 4) is 0 Å². The molecule has 0 spiro atoms. The molecule has 0 N–H and O–H groups in total. The van der Waals surface area contributed by atoms with Crippen LogP contribution in [0.1, 0.15) is 129 Å². The minimum absolute atomic E-state index is 0.0338. The van der Waals surface area contributed by atoms with Crippen molar-refractivity contribution in [3.05, 3.63) is 70.8 Å². The van der Waals surface area contributed by atoms with Gasteiger partial charge in [0.1, 0.15) is 12.7 Å². The monoisotopic (exact) mass is 504 g/mol. The second kappa shape index (κ2) is 13.3. The molecule has 0 radical (unpaired) electrons. The summed E-state index contributed by atoms with van der Waals surface area (Å²) in [6, 6.07) is 15.7. The molecule has 2 saturated carbocycles. The van der Waals surface area contributed by atoms with E-state index in [0.29, 0.717) is 23.0 Å². The summed E-state index contributed by atoms with van der Waals surface area (Å²) < 4.78 is 11.0. The van der Waals surface area contributed by atoms with Crippen molar-refractivity contribution in [2.45, 2.75) is 103 Å². The highest BCUT2D eigenvalue weighted by atomic mass is 16.6. The van der Waals surface area contributed by atoms with E-state index < -0.39 is 6.10 Å². The molecule has 2 aromatic carbocycles. The molecule has 0 heterocycles. The van der Waals surface area contributed by atoms with Gasteiger partial charge >= 0.3 is 11.9 Å². The van der Waals surface area contributed by atoms with Crippen LogP contribution in [0.15, 0.2) is 48.5 Å². The maximum atomic E-state index is 12.6. The third kappa shape index (κ3) is 7.46. The van der Waals surface area contributed by atoms with Gasteiger partial charge in [-0.1, -0.05) is 51.0 Å². The Bertz CT molecular complexity index is 994. The number of hydrogen-bond donors (Lipinski definition) is 0. The number of esters is 2. The summed E-state index contributed by atoms with van der Waals surface area (Å²) in [4.78, 5) is 25.1. The largest absolute Gasteiger partial charge is 0.458 e. The number of hydrogen-bond acceptors (Lipinski definition) is 4. The fourth-order valence-electron chi connectivity index (χ4n) is 6.15. The zero-order valence-electron chi connectivity index (χ0n) is 22.9. The van der Waals surface area contributed by atoms with Crippen LogP contribution < -0.4 is 0 Å². The fourth-order valence-corrected chi connectivity index (χ4v) is 6.15. The van der Waals surface area contributed by atoms with Gasteiger partial charge in [0.25, 0.3) is 0 Å². The molecule has 1 unspecified atom stereocenters. The van der Waals surface area contributed by atoms with Gasteiger partial charge in [-0.3, -0.25) is 0 Å². The van der Waals surface area contributed by atoms with Crippen LogP contribution in [-0.4, -0.2) is 24.6 Å². The predicted octanol–water partition coefficient (Wildman–Crippen LogP) is 8.46. The van der Waals surface area contributed by atoms with Crippen LogP contribution in [0, 0.1) is 11.8 Å². The van der Waals surface area contributed by atoms with E-state index in [2.05, 4.69) is 38.1 Å². The molecule has 200 valence electrons. The van der Waals surface area contributed by atoms with Crippen molar-refractivity contribution in [1.29, 1.82) is 0 Å². The van der Waals surface area contributed by atoms with Crippen LogP contribution in [-0.2, 0) is 9.47 Å². The first-order chi connectivity index (χ1) is 18.0. The highest BCUT2D eigenvalue weighted by molar-refractivity contribution is 5.90. The molecular weight excluding hydrogens is 460 g/mol. The average molecular weight is 505 g/mol. The quantitative estimate of drug-likeness (QED) is 0.321. The maximum Gasteiger partial charge on any atom is 0.338 e. The van der Waals surface area contributed by atoms with Gasteiger partial charge in [-0.05, 0) is 117 Å². The van der Waals surface area contributed by atoms with Crippen molar-refractivity contribution in [2.24, 2.45) is 11.8 Å². The normalized spacial score (nSPS) is 24.7. The minimum atomic E-state index is -0.520. The van der Waals surface area contributed by atoms with Gasteiger partial charge in [-0.15, -0.1) is 0 Å². The molecule has 0 aromatic heterocycles. The van der Waals surface area contributed by atoms with Gasteiger partial charge in [0, 0.05) is 0 Å². The number of carbonyl (C=O) groups excluding carboxylic acids is 2. The molecule has 37 heavy (non-hydrogen) atoms. The number of rotatable bonds is 9. The van der Waals surface area contributed by atoms with Crippen LogP contribution in [0.3, 0.4) is 0 Å². The highest BCUT2D eigenvalue weighted by Crippen LogP contribution is 2.38. The first-order valence-electron chi connectivity index (χ1n) is 14.5. The number of ether oxygens (including phenoxy) is 2. The van der Waals surface area contributed by atoms with E-state index in [1.807, 2.05) is 24.3 Å². The van der Waals surface area contributed by atoms with Gasteiger partial charge < -0.3 is 9.47 Å². The molecule has 4 heteroatoms. The second-order valence-corrected chi connectivity index (χ2v) is 11.3. The second-order valence-electron chi connectivity index (χ2n) is 11.3.